The van der Waals surface area contributed by atoms with E-state index < -0.39 is 4.92 Å². The maximum atomic E-state index is 12.5. The van der Waals surface area contributed by atoms with E-state index in [1.54, 1.807) is 13.0 Å². The molecule has 0 aliphatic carbocycles. The van der Waals surface area contributed by atoms with Gasteiger partial charge < -0.3 is 19.5 Å². The molecule has 2 aromatic rings. The van der Waals surface area contributed by atoms with E-state index in [1.807, 2.05) is 32.0 Å². The van der Waals surface area contributed by atoms with Crippen molar-refractivity contribution in [3.8, 4) is 17.2 Å². The smallest absolute Gasteiger partial charge is 0.311 e. The molecule has 0 saturated carbocycles. The van der Waals surface area contributed by atoms with Crippen LogP contribution in [0.15, 0.2) is 36.4 Å². The van der Waals surface area contributed by atoms with Crippen LogP contribution >= 0.6 is 0 Å². The van der Waals surface area contributed by atoms with Gasteiger partial charge in [-0.2, -0.15) is 0 Å². The minimum Gasteiger partial charge on any atom is -0.486 e. The first-order valence-corrected chi connectivity index (χ1v) is 9.42. The molecule has 1 aliphatic heterocycles. The third-order valence-corrected chi connectivity index (χ3v) is 4.58. The van der Waals surface area contributed by atoms with Crippen molar-refractivity contribution in [3.05, 3.63) is 57.6 Å². The molecule has 0 saturated heterocycles. The quantitative estimate of drug-likeness (QED) is 0.563. The summed E-state index contributed by atoms with van der Waals surface area (Å²) in [6, 6.07) is 9.94. The zero-order valence-corrected chi connectivity index (χ0v) is 16.6. The summed E-state index contributed by atoms with van der Waals surface area (Å²) < 4.78 is 16.6. The van der Waals surface area contributed by atoms with Crippen molar-refractivity contribution in [2.75, 3.05) is 19.8 Å². The highest BCUT2D eigenvalue weighted by atomic mass is 16.6. The van der Waals surface area contributed by atoms with Gasteiger partial charge >= 0.3 is 5.69 Å². The van der Waals surface area contributed by atoms with Gasteiger partial charge in [0.2, 0.25) is 0 Å². The maximum Gasteiger partial charge on any atom is 0.311 e. The van der Waals surface area contributed by atoms with E-state index in [0.717, 1.165) is 11.1 Å². The number of aryl methyl sites for hydroxylation is 1. The van der Waals surface area contributed by atoms with Gasteiger partial charge in [0.25, 0.3) is 5.91 Å². The lowest BCUT2D eigenvalue weighted by atomic mass is 9.95. The van der Waals surface area contributed by atoms with Gasteiger partial charge in [-0.3, -0.25) is 14.9 Å². The number of amides is 1. The summed E-state index contributed by atoms with van der Waals surface area (Å²) in [5.74, 6) is 1.14. The largest absolute Gasteiger partial charge is 0.486 e. The van der Waals surface area contributed by atoms with Crippen LogP contribution in [0.5, 0.6) is 17.2 Å². The van der Waals surface area contributed by atoms with Crippen LogP contribution in [0.1, 0.15) is 31.0 Å². The molecule has 0 aromatic heterocycles. The SMILES string of the molecule is Cc1ccc(OCC(=O)NC(c2ccc3c(c2)OCCO3)C(C)C)c([N+](=O)[O-])c1. The van der Waals surface area contributed by atoms with Crippen LogP contribution in [0.25, 0.3) is 0 Å². The Bertz CT molecular complexity index is 912. The molecule has 1 amide bonds. The van der Waals surface area contributed by atoms with Crippen LogP contribution < -0.4 is 19.5 Å². The number of nitro groups is 1. The van der Waals surface area contributed by atoms with Crippen LogP contribution in [0.2, 0.25) is 0 Å². The number of hydrogen-bond donors (Lipinski definition) is 1. The molecule has 1 atom stereocenters. The van der Waals surface area contributed by atoms with E-state index in [2.05, 4.69) is 5.32 Å². The topological polar surface area (TPSA) is 99.9 Å². The molecular formula is C21H24N2O6. The molecule has 3 rings (SSSR count). The van der Waals surface area contributed by atoms with E-state index in [-0.39, 0.29) is 35.9 Å². The third kappa shape index (κ3) is 4.96. The fraction of sp³-hybridized carbons (Fsp3) is 0.381. The van der Waals surface area contributed by atoms with Gasteiger partial charge in [-0.25, -0.2) is 0 Å². The van der Waals surface area contributed by atoms with Gasteiger partial charge in [-0.05, 0) is 42.2 Å². The summed E-state index contributed by atoms with van der Waals surface area (Å²) >= 11 is 0. The number of nitrogens with one attached hydrogen (secondary N) is 1. The molecule has 8 nitrogen and oxygen atoms in total. The van der Waals surface area contributed by atoms with Crippen LogP contribution in [-0.4, -0.2) is 30.7 Å². The van der Waals surface area contributed by atoms with Crippen LogP contribution in [0, 0.1) is 23.0 Å². The number of nitrogens with zero attached hydrogens (tertiary/aromatic N) is 1. The molecule has 154 valence electrons. The average molecular weight is 400 g/mol. The Balaban J connectivity index is 1.69. The number of ether oxygens (including phenoxy) is 3. The fourth-order valence-corrected chi connectivity index (χ4v) is 3.14. The number of nitro benzene ring substituents is 1. The zero-order chi connectivity index (χ0) is 21.0. The van der Waals surface area contributed by atoms with E-state index in [1.165, 1.54) is 12.1 Å². The fourth-order valence-electron chi connectivity index (χ4n) is 3.14. The number of carbonyl (C=O) groups is 1. The Morgan fingerprint density at radius 1 is 1.17 bits per heavy atom. The van der Waals surface area contributed by atoms with Gasteiger partial charge in [0.05, 0.1) is 11.0 Å². The zero-order valence-electron chi connectivity index (χ0n) is 16.6. The highest BCUT2D eigenvalue weighted by molar-refractivity contribution is 5.78. The molecule has 2 aromatic carbocycles. The van der Waals surface area contributed by atoms with Crippen molar-refractivity contribution in [1.82, 2.24) is 5.32 Å². The first-order chi connectivity index (χ1) is 13.8. The highest BCUT2D eigenvalue weighted by Gasteiger charge is 2.22. The molecule has 29 heavy (non-hydrogen) atoms. The van der Waals surface area contributed by atoms with E-state index in [0.29, 0.717) is 24.7 Å². The Labute approximate surface area is 168 Å². The molecular weight excluding hydrogens is 376 g/mol. The Morgan fingerprint density at radius 3 is 2.59 bits per heavy atom. The number of rotatable bonds is 7. The van der Waals surface area contributed by atoms with E-state index in [4.69, 9.17) is 14.2 Å². The van der Waals surface area contributed by atoms with Gasteiger partial charge in [-0.1, -0.05) is 26.0 Å². The van der Waals surface area contributed by atoms with Crippen molar-refractivity contribution in [3.63, 3.8) is 0 Å². The van der Waals surface area contributed by atoms with E-state index >= 15 is 0 Å². The van der Waals surface area contributed by atoms with Gasteiger partial charge in [0.1, 0.15) is 13.2 Å². The van der Waals surface area contributed by atoms with Crippen molar-refractivity contribution < 1.29 is 23.9 Å². The third-order valence-electron chi connectivity index (χ3n) is 4.58. The van der Waals surface area contributed by atoms with Crippen LogP contribution in [0.4, 0.5) is 5.69 Å². The van der Waals surface area contributed by atoms with Crippen molar-refractivity contribution in [1.29, 1.82) is 0 Å². The monoisotopic (exact) mass is 400 g/mol. The second-order valence-corrected chi connectivity index (χ2v) is 7.21. The Kier molecular flexibility index (Phi) is 6.21. The van der Waals surface area contributed by atoms with E-state index in [9.17, 15) is 14.9 Å². The highest BCUT2D eigenvalue weighted by Crippen LogP contribution is 2.34. The molecule has 8 heteroatoms. The number of carbonyl (C=O) groups excluding carboxylic acids is 1. The van der Waals surface area contributed by atoms with Crippen LogP contribution in [0.3, 0.4) is 0 Å². The summed E-state index contributed by atoms with van der Waals surface area (Å²) in [6.07, 6.45) is 0. The van der Waals surface area contributed by atoms with Crippen molar-refractivity contribution >= 4 is 11.6 Å². The molecule has 1 heterocycles. The lowest BCUT2D eigenvalue weighted by Crippen LogP contribution is -2.35. The summed E-state index contributed by atoms with van der Waals surface area (Å²) in [6.45, 7) is 6.42. The molecule has 0 spiro atoms. The predicted octanol–water partition coefficient (Wildman–Crippen LogP) is 3.57. The first-order valence-electron chi connectivity index (χ1n) is 9.42. The molecule has 0 bridgehead atoms. The molecule has 1 aliphatic rings. The normalized spacial score (nSPS) is 13.7. The molecule has 1 unspecified atom stereocenters. The first kappa shape index (κ1) is 20.4. The standard InChI is InChI=1S/C21H24N2O6/c1-13(2)21(15-5-7-18-19(11-15)28-9-8-27-18)22-20(24)12-29-17-6-4-14(3)10-16(17)23(25)26/h4-7,10-11,13,21H,8-9,12H2,1-3H3,(H,22,24). The minimum atomic E-state index is -0.521. The Hall–Kier alpha value is -3.29. The lowest BCUT2D eigenvalue weighted by molar-refractivity contribution is -0.385. The molecule has 1 N–H and O–H groups in total. The average Bonchev–Trinajstić information content (AvgIpc) is 2.70. The van der Waals surface area contributed by atoms with Crippen LogP contribution in [-0.2, 0) is 4.79 Å². The number of fused-ring (bicyclic) bond motifs is 1. The lowest BCUT2D eigenvalue weighted by Gasteiger charge is -2.25. The summed E-state index contributed by atoms with van der Waals surface area (Å²) in [5.41, 5.74) is 1.47. The maximum absolute atomic E-state index is 12.5. The van der Waals surface area contributed by atoms with Crippen molar-refractivity contribution in [2.45, 2.75) is 26.8 Å². The second kappa shape index (κ2) is 8.81. The number of hydrogen-bond acceptors (Lipinski definition) is 6. The van der Waals surface area contributed by atoms with Gasteiger partial charge in [0.15, 0.2) is 23.9 Å². The summed E-state index contributed by atoms with van der Waals surface area (Å²) in [7, 11) is 0. The molecule has 0 fully saturated rings. The Morgan fingerprint density at radius 2 is 1.90 bits per heavy atom. The predicted molar refractivity (Wildman–Crippen MR) is 106 cm³/mol. The van der Waals surface area contributed by atoms with Gasteiger partial charge in [0, 0.05) is 6.07 Å². The minimum absolute atomic E-state index is 0.0659. The van der Waals surface area contributed by atoms with Gasteiger partial charge in [-0.15, -0.1) is 0 Å². The molecule has 0 radical (unpaired) electrons. The number of benzene rings is 2. The summed E-state index contributed by atoms with van der Waals surface area (Å²) in [4.78, 5) is 23.1. The van der Waals surface area contributed by atoms with Crippen molar-refractivity contribution in [2.24, 2.45) is 5.92 Å². The summed E-state index contributed by atoms with van der Waals surface area (Å²) in [5, 5.41) is 14.1. The second-order valence-electron chi connectivity index (χ2n) is 7.21.